The zero-order valence-electron chi connectivity index (χ0n) is 15.2. The first-order valence-corrected chi connectivity index (χ1v) is 9.80. The van der Waals surface area contributed by atoms with E-state index < -0.39 is 27.7 Å². The maximum atomic E-state index is 12.5. The van der Waals surface area contributed by atoms with Crippen molar-refractivity contribution < 1.29 is 31.2 Å². The number of hydrogen-bond acceptors (Lipinski definition) is 4. The van der Waals surface area contributed by atoms with Gasteiger partial charge in [0.15, 0.2) is 0 Å². The van der Waals surface area contributed by atoms with Gasteiger partial charge in [-0.1, -0.05) is 0 Å². The lowest BCUT2D eigenvalue weighted by atomic mass is 10.2. The minimum absolute atomic E-state index is 0.0356. The molecule has 2 amide bonds. The van der Waals surface area contributed by atoms with Crippen LogP contribution in [-0.4, -0.2) is 33.3 Å². The summed E-state index contributed by atoms with van der Waals surface area (Å²) in [6.45, 7) is 1.16. The second-order valence-corrected chi connectivity index (χ2v) is 7.70. The summed E-state index contributed by atoms with van der Waals surface area (Å²) in [6, 6.07) is 9.16. The molecule has 29 heavy (non-hydrogen) atoms. The van der Waals surface area contributed by atoms with Crippen molar-refractivity contribution in [2.45, 2.75) is 18.0 Å². The van der Waals surface area contributed by atoms with E-state index in [1.165, 1.54) is 19.1 Å². The van der Waals surface area contributed by atoms with Crippen molar-refractivity contribution in [2.75, 3.05) is 18.4 Å². The third-order valence-electron chi connectivity index (χ3n) is 3.66. The number of carbonyl (C=O) groups is 2. The molecule has 11 heteroatoms. The van der Waals surface area contributed by atoms with Crippen molar-refractivity contribution in [3.63, 3.8) is 0 Å². The first-order chi connectivity index (χ1) is 13.5. The van der Waals surface area contributed by atoms with Crippen molar-refractivity contribution >= 4 is 27.5 Å². The molecule has 0 heterocycles. The monoisotopic (exact) mass is 429 g/mol. The number of sulfonamides is 1. The average Bonchev–Trinajstić information content (AvgIpc) is 2.64. The lowest BCUT2D eigenvalue weighted by molar-refractivity contribution is -0.137. The summed E-state index contributed by atoms with van der Waals surface area (Å²) in [4.78, 5) is 22.7. The second-order valence-electron chi connectivity index (χ2n) is 5.93. The van der Waals surface area contributed by atoms with Crippen LogP contribution in [0.4, 0.5) is 18.9 Å². The van der Waals surface area contributed by atoms with E-state index in [0.29, 0.717) is 23.4 Å². The van der Waals surface area contributed by atoms with Crippen LogP contribution < -0.4 is 15.4 Å². The fourth-order valence-electron chi connectivity index (χ4n) is 2.28. The van der Waals surface area contributed by atoms with Gasteiger partial charge in [-0.15, -0.1) is 0 Å². The topological polar surface area (TPSA) is 104 Å². The highest BCUT2D eigenvalue weighted by atomic mass is 32.2. The molecule has 0 aliphatic carbocycles. The minimum atomic E-state index is -4.56. The predicted molar refractivity (Wildman–Crippen MR) is 99.7 cm³/mol. The lowest BCUT2D eigenvalue weighted by Gasteiger charge is -2.10. The van der Waals surface area contributed by atoms with Crippen LogP contribution in [0.1, 0.15) is 22.8 Å². The van der Waals surface area contributed by atoms with E-state index in [2.05, 4.69) is 15.4 Å². The van der Waals surface area contributed by atoms with Crippen LogP contribution in [0, 0.1) is 0 Å². The Morgan fingerprint density at radius 3 is 2.03 bits per heavy atom. The third-order valence-corrected chi connectivity index (χ3v) is 5.14. The summed E-state index contributed by atoms with van der Waals surface area (Å²) in [7, 11) is -4.01. The quantitative estimate of drug-likeness (QED) is 0.588. The molecule has 2 aromatic carbocycles. The summed E-state index contributed by atoms with van der Waals surface area (Å²) in [5.74, 6) is -0.698. The number of anilines is 1. The molecule has 7 nitrogen and oxygen atoms in total. The van der Waals surface area contributed by atoms with Crippen LogP contribution in [0.15, 0.2) is 53.4 Å². The van der Waals surface area contributed by atoms with Gasteiger partial charge in [-0.2, -0.15) is 13.2 Å². The number of carbonyl (C=O) groups excluding carboxylic acids is 2. The molecule has 2 rings (SSSR count). The number of rotatable bonds is 7. The number of alkyl halides is 3. The Hall–Kier alpha value is -2.92. The van der Waals surface area contributed by atoms with Gasteiger partial charge in [-0.3, -0.25) is 9.59 Å². The zero-order valence-corrected chi connectivity index (χ0v) is 16.0. The van der Waals surface area contributed by atoms with Gasteiger partial charge < -0.3 is 10.6 Å². The molecule has 0 aliphatic rings. The molecule has 0 atom stereocenters. The molecule has 0 fully saturated rings. The number of nitrogens with one attached hydrogen (secondary N) is 3. The van der Waals surface area contributed by atoms with Crippen molar-refractivity contribution in [1.29, 1.82) is 0 Å². The second kappa shape index (κ2) is 9.05. The molecule has 3 N–H and O–H groups in total. The van der Waals surface area contributed by atoms with E-state index in [0.717, 1.165) is 12.1 Å². The Balaban J connectivity index is 1.86. The van der Waals surface area contributed by atoms with E-state index in [4.69, 9.17) is 0 Å². The predicted octanol–water partition coefficient (Wildman–Crippen LogP) is 2.37. The first-order valence-electron chi connectivity index (χ1n) is 8.32. The fraction of sp³-hybridized carbons (Fsp3) is 0.222. The Labute approximate surface area is 165 Å². The normalized spacial score (nSPS) is 11.7. The molecule has 0 saturated heterocycles. The van der Waals surface area contributed by atoms with Gasteiger partial charge in [0.1, 0.15) is 0 Å². The number of halogens is 3. The smallest absolute Gasteiger partial charge is 0.351 e. The summed E-state index contributed by atoms with van der Waals surface area (Å²) in [6.07, 6.45) is -4.56. The van der Waals surface area contributed by atoms with Crippen LogP contribution in [0.2, 0.25) is 0 Å². The number of hydrogen-bond donors (Lipinski definition) is 3. The van der Waals surface area contributed by atoms with E-state index in [1.807, 2.05) is 0 Å². The number of amides is 2. The molecule has 0 unspecified atom stereocenters. The lowest BCUT2D eigenvalue weighted by Crippen LogP contribution is -2.34. The summed E-state index contributed by atoms with van der Waals surface area (Å²) < 4.78 is 64.0. The third kappa shape index (κ3) is 6.57. The highest BCUT2D eigenvalue weighted by molar-refractivity contribution is 7.89. The number of benzene rings is 2. The van der Waals surface area contributed by atoms with Gasteiger partial charge in [0, 0.05) is 31.3 Å². The fourth-order valence-corrected chi connectivity index (χ4v) is 3.31. The van der Waals surface area contributed by atoms with Gasteiger partial charge in [-0.05, 0) is 48.5 Å². The van der Waals surface area contributed by atoms with E-state index in [9.17, 15) is 31.2 Å². The highest BCUT2D eigenvalue weighted by Crippen LogP contribution is 2.29. The van der Waals surface area contributed by atoms with Crippen LogP contribution in [0.3, 0.4) is 0 Å². The summed E-state index contributed by atoms with van der Waals surface area (Å²) >= 11 is 0. The van der Waals surface area contributed by atoms with Gasteiger partial charge >= 0.3 is 6.18 Å². The van der Waals surface area contributed by atoms with Gasteiger partial charge in [0.05, 0.1) is 10.5 Å². The molecule has 0 radical (unpaired) electrons. The SMILES string of the molecule is CC(=O)Nc1ccc(C(=O)NCCNS(=O)(=O)c2ccc(C(F)(F)F)cc2)cc1. The standard InChI is InChI=1S/C18H18F3N3O4S/c1-12(25)24-15-6-2-13(3-7-15)17(26)22-10-11-23-29(27,28)16-8-4-14(5-9-16)18(19,20)21/h2-9,23H,10-11H2,1H3,(H,22,26)(H,24,25). The van der Waals surface area contributed by atoms with Crippen LogP contribution >= 0.6 is 0 Å². The van der Waals surface area contributed by atoms with Gasteiger partial charge in [-0.25, -0.2) is 13.1 Å². The molecule has 2 aromatic rings. The molecule has 156 valence electrons. The first kappa shape index (κ1) is 22.4. The Kier molecular flexibility index (Phi) is 6.98. The molecule has 0 aromatic heterocycles. The summed E-state index contributed by atoms with van der Waals surface area (Å²) in [5, 5.41) is 5.07. The van der Waals surface area contributed by atoms with Crippen molar-refractivity contribution in [2.24, 2.45) is 0 Å². The van der Waals surface area contributed by atoms with E-state index in [-0.39, 0.29) is 23.9 Å². The molecule has 0 saturated carbocycles. The average molecular weight is 429 g/mol. The molecular formula is C18H18F3N3O4S. The molecule has 0 bridgehead atoms. The van der Waals surface area contributed by atoms with E-state index in [1.54, 1.807) is 12.1 Å². The maximum absolute atomic E-state index is 12.5. The maximum Gasteiger partial charge on any atom is 0.416 e. The Morgan fingerprint density at radius 2 is 1.52 bits per heavy atom. The largest absolute Gasteiger partial charge is 0.416 e. The van der Waals surface area contributed by atoms with Crippen LogP contribution in [0.5, 0.6) is 0 Å². The Bertz CT molecular complexity index is 973. The molecule has 0 aliphatic heterocycles. The van der Waals surface area contributed by atoms with Crippen LogP contribution in [0.25, 0.3) is 0 Å². The molecule has 0 spiro atoms. The van der Waals surface area contributed by atoms with Crippen molar-refractivity contribution in [3.8, 4) is 0 Å². The van der Waals surface area contributed by atoms with Gasteiger partial charge in [0.2, 0.25) is 15.9 Å². The Morgan fingerprint density at radius 1 is 0.931 bits per heavy atom. The molecular weight excluding hydrogens is 411 g/mol. The summed E-state index contributed by atoms with van der Waals surface area (Å²) in [5.41, 5.74) is -0.115. The van der Waals surface area contributed by atoms with E-state index >= 15 is 0 Å². The zero-order chi connectivity index (χ0) is 21.7. The highest BCUT2D eigenvalue weighted by Gasteiger charge is 2.30. The van der Waals surface area contributed by atoms with Gasteiger partial charge in [0.25, 0.3) is 5.91 Å². The van der Waals surface area contributed by atoms with Crippen LogP contribution in [-0.2, 0) is 21.0 Å². The van der Waals surface area contributed by atoms with Crippen molar-refractivity contribution in [1.82, 2.24) is 10.0 Å². The minimum Gasteiger partial charge on any atom is -0.351 e. The van der Waals surface area contributed by atoms with Crippen molar-refractivity contribution in [3.05, 3.63) is 59.7 Å².